The smallest absolute Gasteiger partial charge is 0.341 e. The molecule has 0 amide bonds. The Balaban J connectivity index is 2.58. The lowest BCUT2D eigenvalue weighted by molar-refractivity contribution is -0.161. The molecule has 0 aliphatic carbocycles. The van der Waals surface area contributed by atoms with Crippen LogP contribution in [-0.4, -0.2) is 73.1 Å². The monoisotopic (exact) mass is 544 g/mol. The van der Waals surface area contributed by atoms with E-state index in [1.54, 1.807) is 0 Å². The Morgan fingerprint density at radius 1 is 0.667 bits per heavy atom. The molecule has 39 heavy (non-hydrogen) atoms. The Labute approximate surface area is 218 Å². The fourth-order valence-electron chi connectivity index (χ4n) is 3.38. The van der Waals surface area contributed by atoms with Crippen LogP contribution < -0.4 is 0 Å². The van der Waals surface area contributed by atoms with Crippen molar-refractivity contribution in [3.05, 3.63) is 81.9 Å². The second-order valence-electron chi connectivity index (χ2n) is 7.81. The molecule has 0 bridgehead atoms. The van der Waals surface area contributed by atoms with E-state index >= 15 is 0 Å². The summed E-state index contributed by atoms with van der Waals surface area (Å²) in [4.78, 5) is 83.3. The number of carbonyl (C=O) groups is 7. The molecule has 2 aromatic rings. The van der Waals surface area contributed by atoms with Crippen molar-refractivity contribution in [3.8, 4) is 0 Å². The van der Waals surface area contributed by atoms with E-state index in [0.29, 0.717) is 12.1 Å². The van der Waals surface area contributed by atoms with Crippen LogP contribution in [0, 0.1) is 0 Å². The van der Waals surface area contributed by atoms with Crippen LogP contribution in [0.2, 0.25) is 0 Å². The second kappa shape index (κ2) is 11.7. The number of esters is 2. The summed E-state index contributed by atoms with van der Waals surface area (Å²) in [5, 5.41) is 46.5. The van der Waals surface area contributed by atoms with Gasteiger partial charge in [-0.2, -0.15) is 0 Å². The Kier molecular flexibility index (Phi) is 8.89. The minimum absolute atomic E-state index is 0.0313. The van der Waals surface area contributed by atoms with Crippen LogP contribution in [0.15, 0.2) is 48.6 Å². The molecule has 5 N–H and O–H groups in total. The zero-order valence-corrected chi connectivity index (χ0v) is 20.0. The summed E-state index contributed by atoms with van der Waals surface area (Å²) in [6.45, 7) is 4.81. The van der Waals surface area contributed by atoms with Crippen molar-refractivity contribution in [1.29, 1.82) is 0 Å². The predicted molar refractivity (Wildman–Crippen MR) is 126 cm³/mol. The molecule has 0 fully saturated rings. The largest absolute Gasteiger partial charge is 0.478 e. The number of benzene rings is 2. The van der Waals surface area contributed by atoms with Crippen molar-refractivity contribution in [2.75, 3.05) is 0 Å². The summed E-state index contributed by atoms with van der Waals surface area (Å²) in [7, 11) is 0. The molecule has 14 nitrogen and oxygen atoms in total. The van der Waals surface area contributed by atoms with Gasteiger partial charge in [-0.3, -0.25) is 0 Å². The first-order valence-electron chi connectivity index (χ1n) is 10.8. The zero-order chi connectivity index (χ0) is 29.7. The number of carboxylic acids is 5. The van der Waals surface area contributed by atoms with Gasteiger partial charge in [0.2, 0.25) is 0 Å². The van der Waals surface area contributed by atoms with Gasteiger partial charge in [-0.25, -0.2) is 33.6 Å². The van der Waals surface area contributed by atoms with Crippen LogP contribution in [0.4, 0.5) is 0 Å². The summed E-state index contributed by atoms with van der Waals surface area (Å²) in [5.41, 5.74) is -4.89. The minimum atomic E-state index is -2.70. The molecule has 0 aliphatic rings. The van der Waals surface area contributed by atoms with E-state index in [-0.39, 0.29) is 6.42 Å². The molecule has 0 radical (unpaired) electrons. The van der Waals surface area contributed by atoms with Gasteiger partial charge in [-0.1, -0.05) is 13.5 Å². The standard InChI is InChI=1S/C25H20O14/c1-3-8-25(11(2)18(26)27,38-23(36)12-4-6-14(19(28)29)16(9-12)21(32)33)39-24(37)13-5-7-15(20(30)31)17(10-13)22(34)35/h4-7,9-10H,2-3,8H2,1H3,(H,26,27)(H,28,29)(H,30,31)(H,32,33)(H,34,35). The van der Waals surface area contributed by atoms with Gasteiger partial charge in [0.05, 0.1) is 33.4 Å². The van der Waals surface area contributed by atoms with Crippen molar-refractivity contribution >= 4 is 41.8 Å². The highest BCUT2D eigenvalue weighted by Crippen LogP contribution is 2.32. The van der Waals surface area contributed by atoms with Crippen molar-refractivity contribution in [2.45, 2.75) is 25.6 Å². The SMILES string of the molecule is C=C(C(=O)O)C(CCC)(OC(=O)c1ccc(C(=O)O)c(C(=O)O)c1)OC(=O)c1ccc(C(=O)O)c(C(=O)O)c1. The van der Waals surface area contributed by atoms with E-state index < -0.39 is 92.9 Å². The molecule has 2 aromatic carbocycles. The van der Waals surface area contributed by atoms with Crippen LogP contribution in [-0.2, 0) is 14.3 Å². The van der Waals surface area contributed by atoms with E-state index in [0.717, 1.165) is 24.3 Å². The van der Waals surface area contributed by atoms with Crippen LogP contribution in [0.3, 0.4) is 0 Å². The van der Waals surface area contributed by atoms with Crippen LogP contribution in [0.25, 0.3) is 0 Å². The first kappa shape index (κ1) is 29.7. The molecule has 0 heterocycles. The minimum Gasteiger partial charge on any atom is -0.478 e. The molecule has 0 aromatic heterocycles. The number of aliphatic carboxylic acids is 1. The normalized spacial score (nSPS) is 10.7. The van der Waals surface area contributed by atoms with E-state index in [1.807, 2.05) is 0 Å². The summed E-state index contributed by atoms with van der Waals surface area (Å²) < 4.78 is 10.5. The van der Waals surface area contributed by atoms with Crippen molar-refractivity contribution in [1.82, 2.24) is 0 Å². The molecule has 204 valence electrons. The van der Waals surface area contributed by atoms with Crippen LogP contribution in [0.5, 0.6) is 0 Å². The van der Waals surface area contributed by atoms with E-state index in [2.05, 4.69) is 6.58 Å². The third-order valence-electron chi connectivity index (χ3n) is 5.24. The van der Waals surface area contributed by atoms with E-state index in [4.69, 9.17) is 19.7 Å². The number of carbonyl (C=O) groups excluding carboxylic acids is 2. The van der Waals surface area contributed by atoms with Gasteiger partial charge in [-0.05, 0) is 42.8 Å². The molecular formula is C25H20O14. The molecule has 0 unspecified atom stereocenters. The zero-order valence-electron chi connectivity index (χ0n) is 20.0. The van der Waals surface area contributed by atoms with Gasteiger partial charge in [0.15, 0.2) is 0 Å². The Morgan fingerprint density at radius 3 is 1.31 bits per heavy atom. The van der Waals surface area contributed by atoms with Crippen molar-refractivity contribution in [3.63, 3.8) is 0 Å². The number of hydrogen-bond donors (Lipinski definition) is 5. The topological polar surface area (TPSA) is 239 Å². The van der Waals surface area contributed by atoms with Crippen LogP contribution in [0.1, 0.15) is 81.9 Å². The molecule has 0 saturated carbocycles. The van der Waals surface area contributed by atoms with Crippen molar-refractivity contribution < 1.29 is 68.6 Å². The first-order chi connectivity index (χ1) is 18.1. The molecule has 0 atom stereocenters. The molecular weight excluding hydrogens is 524 g/mol. The van der Waals surface area contributed by atoms with Gasteiger partial charge in [0.1, 0.15) is 5.57 Å². The van der Waals surface area contributed by atoms with E-state index in [1.165, 1.54) is 6.92 Å². The fourth-order valence-corrected chi connectivity index (χ4v) is 3.38. The third kappa shape index (κ3) is 6.43. The lowest BCUT2D eigenvalue weighted by Crippen LogP contribution is -2.44. The summed E-state index contributed by atoms with van der Waals surface area (Å²) in [6, 6.07) is 4.73. The lowest BCUT2D eigenvalue weighted by Gasteiger charge is -2.32. The van der Waals surface area contributed by atoms with Crippen molar-refractivity contribution in [2.24, 2.45) is 0 Å². The Hall–Kier alpha value is -5.53. The van der Waals surface area contributed by atoms with Gasteiger partial charge in [0.25, 0.3) is 5.79 Å². The summed E-state index contributed by atoms with van der Waals surface area (Å²) in [6.07, 6.45) is -0.447. The van der Waals surface area contributed by atoms with Gasteiger partial charge in [0, 0.05) is 6.42 Å². The fraction of sp³-hybridized carbons (Fsp3) is 0.160. The lowest BCUT2D eigenvalue weighted by atomic mass is 10.0. The number of carboxylic acid groups (broad SMARTS) is 5. The molecule has 0 saturated heterocycles. The van der Waals surface area contributed by atoms with E-state index in [9.17, 15) is 48.9 Å². The number of rotatable bonds is 12. The number of ether oxygens (including phenoxy) is 2. The molecule has 2 rings (SSSR count). The molecule has 0 spiro atoms. The average molecular weight is 544 g/mol. The maximum atomic E-state index is 13.0. The number of hydrogen-bond acceptors (Lipinski definition) is 9. The van der Waals surface area contributed by atoms with Gasteiger partial charge >= 0.3 is 41.8 Å². The van der Waals surface area contributed by atoms with Gasteiger partial charge < -0.3 is 35.0 Å². The van der Waals surface area contributed by atoms with Crippen LogP contribution >= 0.6 is 0 Å². The third-order valence-corrected chi connectivity index (χ3v) is 5.24. The Morgan fingerprint density at radius 2 is 1.03 bits per heavy atom. The Bertz CT molecular complexity index is 1330. The predicted octanol–water partition coefficient (Wildman–Crippen LogP) is 2.63. The number of aromatic carboxylic acids is 4. The highest BCUT2D eigenvalue weighted by atomic mass is 16.7. The summed E-state index contributed by atoms with van der Waals surface area (Å²) >= 11 is 0. The van der Waals surface area contributed by atoms with Gasteiger partial charge in [-0.15, -0.1) is 0 Å². The summed E-state index contributed by atoms with van der Waals surface area (Å²) in [5.74, 6) is -13.9. The first-order valence-corrected chi connectivity index (χ1v) is 10.8. The highest BCUT2D eigenvalue weighted by Gasteiger charge is 2.45. The molecule has 0 aliphatic heterocycles. The maximum Gasteiger partial charge on any atom is 0.341 e. The average Bonchev–Trinajstić information content (AvgIpc) is 2.86. The highest BCUT2D eigenvalue weighted by molar-refractivity contribution is 6.05. The quantitative estimate of drug-likeness (QED) is 0.147. The molecule has 14 heteroatoms. The second-order valence-corrected chi connectivity index (χ2v) is 7.81. The maximum absolute atomic E-state index is 13.0.